The molecule has 4 aromatic rings. The monoisotopic (exact) mass is 586 g/mol. The summed E-state index contributed by atoms with van der Waals surface area (Å²) in [5.74, 6) is 0.0688. The fourth-order valence-electron chi connectivity index (χ4n) is 6.41. The lowest BCUT2D eigenvalue weighted by Gasteiger charge is -2.30. The number of aromatic carboxylic acids is 1. The Bertz CT molecular complexity index is 1590. The summed E-state index contributed by atoms with van der Waals surface area (Å²) in [4.78, 5) is 18.3. The number of pyridine rings is 1. The van der Waals surface area contributed by atoms with E-state index in [0.717, 1.165) is 65.6 Å². The molecule has 1 fully saturated rings. The topological polar surface area (TPSA) is 88.8 Å². The van der Waals surface area contributed by atoms with Crippen LogP contribution in [0.3, 0.4) is 0 Å². The van der Waals surface area contributed by atoms with Gasteiger partial charge in [0.1, 0.15) is 30.9 Å². The zero-order chi connectivity index (χ0) is 29.9. The Hall–Kier alpha value is -3.95. The van der Waals surface area contributed by atoms with Crippen molar-refractivity contribution >= 4 is 16.9 Å². The number of ether oxygens (including phenoxy) is 2. The molecule has 8 nitrogen and oxygen atoms in total. The number of carboxylic acid groups (broad SMARTS) is 1. The number of likely N-dealkylation sites (N-methyl/N-ethyl adjacent to an activating group) is 1. The highest BCUT2D eigenvalue weighted by Crippen LogP contribution is 2.48. The second kappa shape index (κ2) is 12.7. The summed E-state index contributed by atoms with van der Waals surface area (Å²) in [5.41, 5.74) is 4.70. The van der Waals surface area contributed by atoms with Crippen molar-refractivity contribution in [3.8, 4) is 22.8 Å². The minimum atomic E-state index is -0.981. The predicted octanol–water partition coefficient (Wildman–Crippen LogP) is 5.89. The summed E-state index contributed by atoms with van der Waals surface area (Å²) >= 11 is 0. The molecule has 226 valence electrons. The van der Waals surface area contributed by atoms with Gasteiger partial charge in [-0.25, -0.2) is 9.18 Å². The van der Waals surface area contributed by atoms with Gasteiger partial charge in [0, 0.05) is 66.0 Å². The molecule has 0 spiro atoms. The summed E-state index contributed by atoms with van der Waals surface area (Å²) < 4.78 is 30.6. The summed E-state index contributed by atoms with van der Waals surface area (Å²) in [7, 11) is 4.07. The first-order valence-corrected chi connectivity index (χ1v) is 15.1. The van der Waals surface area contributed by atoms with Crippen LogP contribution in [0.15, 0.2) is 60.9 Å². The van der Waals surface area contributed by atoms with Crippen molar-refractivity contribution in [2.75, 3.05) is 33.8 Å². The number of halogens is 1. The van der Waals surface area contributed by atoms with Crippen LogP contribution in [0.25, 0.3) is 22.2 Å². The number of rotatable bonds is 9. The third-order valence-electron chi connectivity index (χ3n) is 8.57. The van der Waals surface area contributed by atoms with Gasteiger partial charge in [0.05, 0.1) is 17.3 Å². The van der Waals surface area contributed by atoms with Crippen LogP contribution in [0, 0.1) is 0 Å². The van der Waals surface area contributed by atoms with Crippen LogP contribution in [-0.4, -0.2) is 71.5 Å². The number of fused-ring (bicyclic) bond motifs is 5. The number of nitrogens with zero attached hydrogens (tertiary/aromatic N) is 3. The lowest BCUT2D eigenvalue weighted by Crippen LogP contribution is -2.42. The Kier molecular flexibility index (Phi) is 8.63. The van der Waals surface area contributed by atoms with Crippen molar-refractivity contribution in [1.29, 1.82) is 0 Å². The number of aromatic nitrogens is 2. The Morgan fingerprint density at radius 1 is 1.19 bits per heavy atom. The van der Waals surface area contributed by atoms with Gasteiger partial charge in [-0.3, -0.25) is 4.98 Å². The van der Waals surface area contributed by atoms with Crippen molar-refractivity contribution in [2.24, 2.45) is 0 Å². The molecule has 6 rings (SSSR count). The average Bonchev–Trinajstić information content (AvgIpc) is 3.30. The van der Waals surface area contributed by atoms with Crippen LogP contribution in [0.1, 0.15) is 53.1 Å². The van der Waals surface area contributed by atoms with Crippen LogP contribution in [-0.2, 0) is 13.2 Å². The van der Waals surface area contributed by atoms with Gasteiger partial charge in [0.25, 0.3) is 0 Å². The maximum absolute atomic E-state index is 15.7. The van der Waals surface area contributed by atoms with Crippen LogP contribution in [0.4, 0.5) is 4.39 Å². The van der Waals surface area contributed by atoms with Gasteiger partial charge in [0.2, 0.25) is 0 Å². The van der Waals surface area contributed by atoms with E-state index in [1.54, 1.807) is 24.5 Å². The Morgan fingerprint density at radius 2 is 2.05 bits per heavy atom. The standard InChI is InChI=1S/C34H39FN4O4/c1-38(2)15-14-37-24-19-39-30-16-23(34(40)41)9-11-27(30)32(26-7-3-4-8-29(26)35)33(39)28-12-10-25(17-31(28)43-21-24)42-20-22-6-5-13-36-18-22/h5-6,9-13,16-18,24,26,29,37H,3-4,7-8,14-15,19-21H2,1-2H3,(H,40,41)/t24?,26?,29-/m0/s1. The summed E-state index contributed by atoms with van der Waals surface area (Å²) in [6.07, 6.45) is 5.67. The first-order valence-electron chi connectivity index (χ1n) is 15.1. The minimum Gasteiger partial charge on any atom is -0.491 e. The van der Waals surface area contributed by atoms with Gasteiger partial charge in [-0.1, -0.05) is 25.0 Å². The molecule has 9 heteroatoms. The van der Waals surface area contributed by atoms with E-state index in [9.17, 15) is 9.90 Å². The molecule has 2 N–H and O–H groups in total. The second-order valence-corrected chi connectivity index (χ2v) is 11.9. The highest BCUT2D eigenvalue weighted by Gasteiger charge is 2.35. The molecule has 1 aliphatic carbocycles. The number of carbonyl (C=O) groups is 1. The van der Waals surface area contributed by atoms with Gasteiger partial charge >= 0.3 is 5.97 Å². The van der Waals surface area contributed by atoms with E-state index in [1.165, 1.54) is 0 Å². The molecule has 2 aliphatic rings. The Labute approximate surface area is 251 Å². The molecule has 1 aliphatic heterocycles. The van der Waals surface area contributed by atoms with Crippen molar-refractivity contribution < 1.29 is 23.8 Å². The highest BCUT2D eigenvalue weighted by atomic mass is 19.1. The van der Waals surface area contributed by atoms with Crippen molar-refractivity contribution in [2.45, 2.75) is 57.0 Å². The van der Waals surface area contributed by atoms with E-state index in [2.05, 4.69) is 19.8 Å². The summed E-state index contributed by atoms with van der Waals surface area (Å²) in [6.45, 7) is 2.97. The van der Waals surface area contributed by atoms with Gasteiger partial charge in [0.15, 0.2) is 0 Å². The SMILES string of the molecule is CN(C)CCNC1COc2cc(OCc3cccnc3)ccc2-c2c(C3CCCC[C@@H]3F)c3ccc(C(=O)O)cc3n2C1. The summed E-state index contributed by atoms with van der Waals surface area (Å²) in [6, 6.07) is 14.9. The van der Waals surface area contributed by atoms with E-state index in [1.807, 2.05) is 50.5 Å². The third kappa shape index (κ3) is 6.24. The maximum atomic E-state index is 15.7. The molecular formula is C34H39FN4O4. The molecule has 3 atom stereocenters. The van der Waals surface area contributed by atoms with Crippen molar-refractivity contribution in [1.82, 2.24) is 19.8 Å². The van der Waals surface area contributed by atoms with Gasteiger partial charge < -0.3 is 29.4 Å². The van der Waals surface area contributed by atoms with E-state index in [0.29, 0.717) is 37.7 Å². The zero-order valence-corrected chi connectivity index (χ0v) is 24.8. The molecule has 2 unspecified atom stereocenters. The molecule has 0 bridgehead atoms. The molecular weight excluding hydrogens is 547 g/mol. The minimum absolute atomic E-state index is 0.0590. The number of nitrogens with one attached hydrogen (secondary N) is 1. The quantitative estimate of drug-likeness (QED) is 0.253. The maximum Gasteiger partial charge on any atom is 0.335 e. The largest absolute Gasteiger partial charge is 0.491 e. The van der Waals surface area contributed by atoms with Gasteiger partial charge in [-0.05, 0) is 62.8 Å². The number of benzene rings is 2. The Morgan fingerprint density at radius 3 is 2.81 bits per heavy atom. The van der Waals surface area contributed by atoms with E-state index in [-0.39, 0.29) is 17.5 Å². The number of alkyl halides is 1. The molecule has 43 heavy (non-hydrogen) atoms. The Balaban J connectivity index is 1.49. The van der Waals surface area contributed by atoms with Crippen LogP contribution in [0.5, 0.6) is 11.5 Å². The predicted molar refractivity (Wildman–Crippen MR) is 165 cm³/mol. The lowest BCUT2D eigenvalue weighted by molar-refractivity contribution is 0.0697. The first kappa shape index (κ1) is 29.1. The number of hydrogen-bond donors (Lipinski definition) is 2. The fourth-order valence-corrected chi connectivity index (χ4v) is 6.41. The van der Waals surface area contributed by atoms with Crippen LogP contribution in [0.2, 0.25) is 0 Å². The van der Waals surface area contributed by atoms with Crippen molar-refractivity contribution in [3.05, 3.63) is 77.6 Å². The lowest BCUT2D eigenvalue weighted by atomic mass is 9.80. The highest BCUT2D eigenvalue weighted by molar-refractivity contribution is 5.98. The normalized spacial score (nSPS) is 20.1. The molecule has 3 heterocycles. The van der Waals surface area contributed by atoms with E-state index in [4.69, 9.17) is 9.47 Å². The van der Waals surface area contributed by atoms with Gasteiger partial charge in [-0.2, -0.15) is 0 Å². The fraction of sp³-hybridized carbons (Fsp3) is 0.412. The first-order chi connectivity index (χ1) is 20.9. The molecule has 1 saturated carbocycles. The van der Waals surface area contributed by atoms with Crippen LogP contribution >= 0.6 is 0 Å². The van der Waals surface area contributed by atoms with Gasteiger partial charge in [-0.15, -0.1) is 0 Å². The molecule has 0 radical (unpaired) electrons. The third-order valence-corrected chi connectivity index (χ3v) is 8.57. The molecule has 2 aromatic heterocycles. The average molecular weight is 587 g/mol. The molecule has 2 aromatic carbocycles. The van der Waals surface area contributed by atoms with E-state index < -0.39 is 12.1 Å². The second-order valence-electron chi connectivity index (χ2n) is 11.9. The zero-order valence-electron chi connectivity index (χ0n) is 24.8. The van der Waals surface area contributed by atoms with Crippen LogP contribution < -0.4 is 14.8 Å². The smallest absolute Gasteiger partial charge is 0.335 e. The molecule has 0 saturated heterocycles. The molecule has 0 amide bonds. The number of carboxylic acids is 1. The van der Waals surface area contributed by atoms with E-state index >= 15 is 4.39 Å². The summed E-state index contributed by atoms with van der Waals surface area (Å²) in [5, 5.41) is 14.4. The van der Waals surface area contributed by atoms with Crippen molar-refractivity contribution in [3.63, 3.8) is 0 Å². The number of hydrogen-bond acceptors (Lipinski definition) is 6.